The summed E-state index contributed by atoms with van der Waals surface area (Å²) in [6.07, 6.45) is 2.67. The molecular formula is C28H34F3N7O2S. The smallest absolute Gasteiger partial charge is 0.394 e. The number of aromatic nitrogens is 5. The van der Waals surface area contributed by atoms with Crippen molar-refractivity contribution in [2.75, 3.05) is 18.1 Å². The van der Waals surface area contributed by atoms with Crippen LogP contribution in [0.3, 0.4) is 0 Å². The van der Waals surface area contributed by atoms with Crippen molar-refractivity contribution in [2.45, 2.75) is 82.5 Å². The van der Waals surface area contributed by atoms with E-state index in [1.165, 1.54) is 16.6 Å². The predicted octanol–water partition coefficient (Wildman–Crippen LogP) is 5.72. The Bertz CT molecular complexity index is 1450. The van der Waals surface area contributed by atoms with Crippen molar-refractivity contribution in [2.24, 2.45) is 11.3 Å². The normalized spacial score (nSPS) is 21.7. The Morgan fingerprint density at radius 3 is 2.76 bits per heavy atom. The number of fused-ring (bicyclic) bond motifs is 6. The Hall–Kier alpha value is -3.22. The van der Waals surface area contributed by atoms with Crippen molar-refractivity contribution in [3.8, 4) is 11.7 Å². The lowest BCUT2D eigenvalue weighted by Crippen LogP contribution is -2.40. The summed E-state index contributed by atoms with van der Waals surface area (Å²) in [4.78, 5) is 21.5. The van der Waals surface area contributed by atoms with Crippen LogP contribution in [0.25, 0.3) is 5.82 Å². The molecule has 6 rings (SSSR count). The first-order valence-corrected chi connectivity index (χ1v) is 14.8. The van der Waals surface area contributed by atoms with E-state index in [2.05, 4.69) is 33.7 Å². The molecule has 2 fully saturated rings. The molecule has 1 atom stereocenters. The quantitative estimate of drug-likeness (QED) is 0.381. The maximum absolute atomic E-state index is 13.5. The fourth-order valence-electron chi connectivity index (χ4n) is 6.00. The summed E-state index contributed by atoms with van der Waals surface area (Å²) in [5.41, 5.74) is -0.502. The Kier molecular flexibility index (Phi) is 6.98. The third-order valence-electron chi connectivity index (χ3n) is 8.56. The zero-order valence-electron chi connectivity index (χ0n) is 23.4. The van der Waals surface area contributed by atoms with Crippen molar-refractivity contribution in [1.29, 1.82) is 0 Å². The van der Waals surface area contributed by atoms with Crippen LogP contribution in [0.5, 0.6) is 5.88 Å². The van der Waals surface area contributed by atoms with E-state index in [1.807, 2.05) is 17.8 Å². The second kappa shape index (κ2) is 10.2. The number of carbonyl (C=O) groups is 1. The Labute approximate surface area is 241 Å². The number of nitrogens with zero attached hydrogens (tertiary/aromatic N) is 6. The number of aryl methyl sites for hydroxylation is 2. The maximum atomic E-state index is 13.5. The number of pyridine rings is 1. The van der Waals surface area contributed by atoms with E-state index < -0.39 is 11.6 Å². The van der Waals surface area contributed by atoms with Gasteiger partial charge in [-0.1, -0.05) is 0 Å². The first-order valence-electron chi connectivity index (χ1n) is 14.0. The molecule has 220 valence electrons. The van der Waals surface area contributed by atoms with Gasteiger partial charge in [0.05, 0.1) is 28.2 Å². The van der Waals surface area contributed by atoms with Crippen molar-refractivity contribution in [1.82, 2.24) is 29.3 Å². The zero-order valence-corrected chi connectivity index (χ0v) is 24.2. The standard InChI is InChI=1S/C28H34F3N7O2S/c1-18-21-17-36(33-18)12-4-5-19-15-26(2,3)37(16-19)24-20(25(39)35-41-21)6-7-22(32-24)38-13-8-23(34-38)40-14-11-27(9-10-27)28(29,30)31/h6-8,13,17,19H,4-5,9-12,14-16H2,1-3H3,(H,35,39)/t19-/m0/s1. The van der Waals surface area contributed by atoms with Gasteiger partial charge in [0.15, 0.2) is 5.82 Å². The summed E-state index contributed by atoms with van der Waals surface area (Å²) in [5, 5.41) is 9.02. The van der Waals surface area contributed by atoms with Gasteiger partial charge in [0.25, 0.3) is 5.91 Å². The molecule has 4 bridgehead atoms. The minimum absolute atomic E-state index is 0.0618. The number of hydrogen-bond donors (Lipinski definition) is 1. The lowest BCUT2D eigenvalue weighted by atomic mass is 9.93. The molecule has 2 aliphatic heterocycles. The molecule has 0 unspecified atom stereocenters. The van der Waals surface area contributed by atoms with Crippen LogP contribution in [0, 0.1) is 18.3 Å². The highest BCUT2D eigenvalue weighted by Gasteiger charge is 2.62. The third kappa shape index (κ3) is 5.52. The third-order valence-corrected chi connectivity index (χ3v) is 9.47. The molecule has 5 heterocycles. The monoisotopic (exact) mass is 589 g/mol. The molecule has 1 saturated heterocycles. The van der Waals surface area contributed by atoms with Gasteiger partial charge in [0.1, 0.15) is 5.82 Å². The van der Waals surface area contributed by atoms with E-state index in [0.717, 1.165) is 42.9 Å². The van der Waals surface area contributed by atoms with E-state index in [0.29, 0.717) is 23.1 Å². The van der Waals surface area contributed by atoms with Crippen LogP contribution in [0.2, 0.25) is 0 Å². The molecule has 0 radical (unpaired) electrons. The molecule has 0 aromatic carbocycles. The zero-order chi connectivity index (χ0) is 29.0. The summed E-state index contributed by atoms with van der Waals surface area (Å²) >= 11 is 1.25. The average Bonchev–Trinajstić information content (AvgIpc) is 3.26. The van der Waals surface area contributed by atoms with E-state index in [1.54, 1.807) is 24.4 Å². The second-order valence-corrected chi connectivity index (χ2v) is 12.9. The van der Waals surface area contributed by atoms with Crippen LogP contribution in [-0.2, 0) is 6.54 Å². The van der Waals surface area contributed by atoms with Crippen molar-refractivity contribution >= 4 is 23.7 Å². The van der Waals surface area contributed by atoms with Gasteiger partial charge < -0.3 is 9.64 Å². The molecule has 13 heteroatoms. The molecule has 41 heavy (non-hydrogen) atoms. The summed E-state index contributed by atoms with van der Waals surface area (Å²) < 4.78 is 51.8. The van der Waals surface area contributed by atoms with Crippen LogP contribution >= 0.6 is 11.9 Å². The van der Waals surface area contributed by atoms with Gasteiger partial charge in [0, 0.05) is 37.1 Å². The molecule has 1 saturated carbocycles. The molecule has 1 amide bonds. The number of ether oxygens (including phenoxy) is 1. The minimum atomic E-state index is -4.21. The molecule has 1 aliphatic carbocycles. The van der Waals surface area contributed by atoms with Gasteiger partial charge in [-0.25, -0.2) is 9.67 Å². The summed E-state index contributed by atoms with van der Waals surface area (Å²) in [7, 11) is 0. The number of carbonyl (C=O) groups excluding carboxylic acids is 1. The van der Waals surface area contributed by atoms with Gasteiger partial charge >= 0.3 is 6.18 Å². The van der Waals surface area contributed by atoms with Crippen LogP contribution in [0.15, 0.2) is 35.5 Å². The number of amides is 1. The molecule has 9 nitrogen and oxygen atoms in total. The molecule has 3 aromatic heterocycles. The van der Waals surface area contributed by atoms with Crippen LogP contribution in [-0.4, -0.2) is 55.3 Å². The summed E-state index contributed by atoms with van der Waals surface area (Å²) in [6, 6.07) is 5.08. The highest BCUT2D eigenvalue weighted by atomic mass is 32.2. The van der Waals surface area contributed by atoms with E-state index in [4.69, 9.17) is 9.72 Å². The van der Waals surface area contributed by atoms with Crippen LogP contribution in [0.1, 0.15) is 68.4 Å². The first kappa shape index (κ1) is 27.9. The molecule has 0 spiro atoms. The minimum Gasteiger partial charge on any atom is -0.477 e. The number of hydrogen-bond acceptors (Lipinski definition) is 7. The molecule has 1 N–H and O–H groups in total. The predicted molar refractivity (Wildman–Crippen MR) is 148 cm³/mol. The number of rotatable bonds is 5. The second-order valence-electron chi connectivity index (χ2n) is 12.0. The van der Waals surface area contributed by atoms with E-state index in [-0.39, 0.29) is 43.2 Å². The van der Waals surface area contributed by atoms with Crippen LogP contribution < -0.4 is 14.4 Å². The van der Waals surface area contributed by atoms with Gasteiger partial charge in [-0.3, -0.25) is 14.2 Å². The number of halogens is 3. The van der Waals surface area contributed by atoms with Gasteiger partial charge in [0.2, 0.25) is 5.88 Å². The van der Waals surface area contributed by atoms with E-state index >= 15 is 0 Å². The lowest BCUT2D eigenvalue weighted by molar-refractivity contribution is -0.190. The summed E-state index contributed by atoms with van der Waals surface area (Å²) in [6.45, 7) is 7.82. The Morgan fingerprint density at radius 1 is 1.20 bits per heavy atom. The largest absolute Gasteiger partial charge is 0.477 e. The highest BCUT2D eigenvalue weighted by Crippen LogP contribution is 2.59. The van der Waals surface area contributed by atoms with Crippen LogP contribution in [0.4, 0.5) is 19.0 Å². The van der Waals surface area contributed by atoms with Gasteiger partial charge in [-0.05, 0) is 89.3 Å². The number of anilines is 1. The fraction of sp³-hybridized carbons (Fsp3) is 0.571. The molecule has 3 aliphatic rings. The Morgan fingerprint density at radius 2 is 2.00 bits per heavy atom. The fourth-order valence-corrected chi connectivity index (χ4v) is 6.68. The highest BCUT2D eigenvalue weighted by molar-refractivity contribution is 7.98. The number of nitrogens with one attached hydrogen (secondary N) is 1. The first-order chi connectivity index (χ1) is 19.4. The molecular weight excluding hydrogens is 555 g/mol. The maximum Gasteiger partial charge on any atom is 0.394 e. The topological polar surface area (TPSA) is 90.1 Å². The van der Waals surface area contributed by atoms with Crippen molar-refractivity contribution in [3.63, 3.8) is 0 Å². The van der Waals surface area contributed by atoms with E-state index in [9.17, 15) is 18.0 Å². The Balaban J connectivity index is 1.26. The number of alkyl halides is 3. The lowest BCUT2D eigenvalue weighted by Gasteiger charge is -2.34. The van der Waals surface area contributed by atoms with Gasteiger partial charge in [-0.15, -0.1) is 5.10 Å². The average molecular weight is 590 g/mol. The van der Waals surface area contributed by atoms with Crippen molar-refractivity contribution in [3.05, 3.63) is 41.9 Å². The summed E-state index contributed by atoms with van der Waals surface area (Å²) in [5.74, 6) is 1.49. The van der Waals surface area contributed by atoms with Crippen molar-refractivity contribution < 1.29 is 22.7 Å². The molecule has 3 aromatic rings. The SMILES string of the molecule is Cc1nn2cc1SNC(=O)c1ccc(-n3ccc(OCCC4(C(F)(F)F)CC4)n3)nc1N1C[C@@H](CCC2)CC1(C)C. The van der Waals surface area contributed by atoms with Gasteiger partial charge in [-0.2, -0.15) is 18.3 Å².